The summed E-state index contributed by atoms with van der Waals surface area (Å²) < 4.78 is 19.8. The van der Waals surface area contributed by atoms with E-state index in [-0.39, 0.29) is 43.7 Å². The van der Waals surface area contributed by atoms with E-state index in [1.54, 1.807) is 0 Å². The average Bonchev–Trinajstić information content (AvgIpc) is 1.15. The number of rotatable bonds is 31. The van der Waals surface area contributed by atoms with Crippen LogP contribution in [0.4, 0.5) is 4.79 Å². The highest BCUT2D eigenvalue weighted by Crippen LogP contribution is 2.15. The van der Waals surface area contributed by atoms with Crippen LogP contribution in [0.15, 0.2) is 25.4 Å². The third kappa shape index (κ3) is 29.8. The van der Waals surface area contributed by atoms with Crippen molar-refractivity contribution in [1.82, 2.24) is 53.2 Å². The Morgan fingerprint density at radius 1 is 0.670 bits per heavy atom. The van der Waals surface area contributed by atoms with Crippen LogP contribution in [0.5, 0.6) is 0 Å². The van der Waals surface area contributed by atoms with Crippen LogP contribution in [0.3, 0.4) is 0 Å². The number of carbonyl (C=O) groups excluding carboxylic acids is 11. The molecule has 20 N–H and O–H groups in total. The van der Waals surface area contributed by atoms with Gasteiger partial charge < -0.3 is 114 Å². The zero-order valence-electron chi connectivity index (χ0n) is 52.8. The van der Waals surface area contributed by atoms with Crippen LogP contribution in [0.1, 0.15) is 141 Å². The molecule has 1 saturated heterocycles. The number of carboxylic acid groups (broad SMARTS) is 2. The van der Waals surface area contributed by atoms with Crippen LogP contribution in [-0.4, -0.2) is 213 Å². The van der Waals surface area contributed by atoms with E-state index in [0.717, 1.165) is 71.3 Å². The summed E-state index contributed by atoms with van der Waals surface area (Å²) in [4.78, 5) is 189. The van der Waals surface area contributed by atoms with Crippen molar-refractivity contribution in [2.24, 2.45) is 11.5 Å². The number of cyclic esters (lactones) is 1. The minimum Gasteiger partial charge on any atom is -0.481 e. The molecule has 12 atom stereocenters. The number of nitrogens with two attached hydrogens (primary N) is 2. The van der Waals surface area contributed by atoms with Gasteiger partial charge in [0.15, 0.2) is 30.3 Å². The second kappa shape index (κ2) is 43.6. The fraction of sp³-hybridized carbons (Fsp3) is 0.684. The molecule has 0 aromatic carbocycles. The van der Waals surface area contributed by atoms with Gasteiger partial charge in [-0.15, -0.1) is 11.6 Å². The van der Waals surface area contributed by atoms with Crippen LogP contribution >= 0.6 is 11.6 Å². The molecule has 1 aromatic rings. The van der Waals surface area contributed by atoms with Crippen molar-refractivity contribution in [2.75, 3.05) is 32.1 Å². The van der Waals surface area contributed by atoms with Gasteiger partial charge in [0.1, 0.15) is 54.6 Å². The van der Waals surface area contributed by atoms with Crippen LogP contribution in [0, 0.1) is 6.92 Å². The minimum atomic E-state index is -2.88. The molecule has 1 aromatic heterocycles. The Labute approximate surface area is 545 Å². The Hall–Kier alpha value is -8.29. The zero-order chi connectivity index (χ0) is 70.6. The average molecular weight is 1360 g/mol. The van der Waals surface area contributed by atoms with Crippen molar-refractivity contribution < 1.29 is 111 Å². The molecule has 0 aliphatic carbocycles. The van der Waals surface area contributed by atoms with Crippen molar-refractivity contribution in [2.45, 2.75) is 216 Å². The summed E-state index contributed by atoms with van der Waals surface area (Å²) in [6, 6.07) is -16.6. The monoisotopic (exact) mass is 1360 g/mol. The number of halogens is 1. The van der Waals surface area contributed by atoms with Gasteiger partial charge in [0.25, 0.3) is 5.91 Å². The number of aliphatic hydroxyl groups is 4. The maximum Gasteiger partial charge on any atom is 0.519 e. The molecule has 37 heteroatoms. The summed E-state index contributed by atoms with van der Waals surface area (Å²) in [6.07, 6.45) is -2.70. The standard InChI is InChI=1S/C57H91ClN12O24/c1-5-7-8-9-10-11-12-13-14-17-31(72)24-40(74)62-37-27-91-55(88)43(38(73)26-58)69-53(85)44(45(77)54(86)87)70-46(78)32(6-2)63-52(84)42(29(3)71)68-49(81)35(20-23-61-56(89)92-28-39-30(4)93-57(90)94-39)66-47(79)33(18-15-16-21-59)64-50(82)36(25-41(75)76)67-48(80)34(19-22-60)65-51(37)83/h6,29,31,33-38,42-45,71-73,77H,5,7-28,59-60H2,1-4H3,(H,61,89)(H,62,74)(H,63,84)(H,64,82)(H,65,83)(H,66,79)(H,67,80)(H,68,81)(H,69,85)(H,70,78)(H,75,76)(H,86,87)/b32-6+/t29-,31+,33-,34+,35-,36-,37-,38+,42-,43-,44-,45-/m0/s1. The summed E-state index contributed by atoms with van der Waals surface area (Å²) in [7, 11) is 0. The van der Waals surface area contributed by atoms with E-state index in [9.17, 15) is 97.8 Å². The molecule has 0 radical (unpaired) electrons. The summed E-state index contributed by atoms with van der Waals surface area (Å²) in [5.41, 5.74) is 10.7. The third-order valence-electron chi connectivity index (χ3n) is 14.4. The fourth-order valence-corrected chi connectivity index (χ4v) is 9.25. The molecular formula is C57H91ClN12O24. The molecule has 0 spiro atoms. The Balaban J connectivity index is 2.81. The summed E-state index contributed by atoms with van der Waals surface area (Å²) >= 11 is 5.88. The number of alkyl halides is 1. The highest BCUT2D eigenvalue weighted by molar-refractivity contribution is 6.18. The first kappa shape index (κ1) is 81.8. The normalized spacial score (nSPS) is 22.9. The van der Waals surface area contributed by atoms with E-state index >= 15 is 0 Å². The number of amides is 10. The lowest BCUT2D eigenvalue weighted by atomic mass is 10.0. The lowest BCUT2D eigenvalue weighted by Crippen LogP contribution is -2.62. The van der Waals surface area contributed by atoms with E-state index in [0.29, 0.717) is 6.42 Å². The van der Waals surface area contributed by atoms with E-state index in [2.05, 4.69) is 49.5 Å². The first-order valence-electron chi connectivity index (χ1n) is 30.7. The number of nitrogens with one attached hydrogen (secondary N) is 10. The molecule has 0 saturated carbocycles. The third-order valence-corrected chi connectivity index (χ3v) is 14.7. The molecule has 2 rings (SSSR count). The number of carbonyl (C=O) groups is 13. The van der Waals surface area contributed by atoms with Gasteiger partial charge in [0.2, 0.25) is 47.3 Å². The molecular weight excluding hydrogens is 1270 g/mol. The highest BCUT2D eigenvalue weighted by Gasteiger charge is 2.41. The van der Waals surface area contributed by atoms with Gasteiger partial charge in [-0.2, -0.15) is 0 Å². The molecule has 1 aliphatic heterocycles. The van der Waals surface area contributed by atoms with Crippen molar-refractivity contribution in [3.05, 3.63) is 33.9 Å². The highest BCUT2D eigenvalue weighted by atomic mass is 35.5. The second-order valence-corrected chi connectivity index (χ2v) is 22.3. The van der Waals surface area contributed by atoms with Gasteiger partial charge in [-0.1, -0.05) is 70.8 Å². The number of ether oxygens (including phenoxy) is 2. The van der Waals surface area contributed by atoms with Gasteiger partial charge >= 0.3 is 29.8 Å². The smallest absolute Gasteiger partial charge is 0.481 e. The summed E-state index contributed by atoms with van der Waals surface area (Å²) in [5, 5.41) is 84.9. The number of alkyl carbamates (subject to hydrolysis) is 1. The van der Waals surface area contributed by atoms with E-state index < -0.39 is 219 Å². The number of unbranched alkanes of at least 4 members (excludes halogenated alkanes) is 9. The number of aliphatic hydroxyl groups excluding tert-OH is 4. The maximum atomic E-state index is 14.4. The summed E-state index contributed by atoms with van der Waals surface area (Å²) in [6.45, 7) is 2.81. The van der Waals surface area contributed by atoms with Gasteiger partial charge in [0.05, 0.1) is 37.0 Å². The van der Waals surface area contributed by atoms with Gasteiger partial charge in [-0.05, 0) is 72.4 Å². The molecule has 0 bridgehead atoms. The number of hydrogen-bond donors (Lipinski definition) is 18. The lowest BCUT2D eigenvalue weighted by Gasteiger charge is -2.29. The van der Waals surface area contributed by atoms with E-state index in [1.165, 1.54) is 6.92 Å². The number of allylic oxidation sites excluding steroid dienone is 1. The Bertz CT molecular complexity index is 2800. The minimum absolute atomic E-state index is 0.0211. The molecule has 0 unspecified atom stereocenters. The van der Waals surface area contributed by atoms with Gasteiger partial charge in [-0.25, -0.2) is 19.2 Å². The first-order chi connectivity index (χ1) is 44.5. The Kier molecular flexibility index (Phi) is 37.9. The summed E-state index contributed by atoms with van der Waals surface area (Å²) in [5.74, 6) is -19.9. The Morgan fingerprint density at radius 2 is 1.23 bits per heavy atom. The van der Waals surface area contributed by atoms with E-state index in [1.807, 2.05) is 10.6 Å². The largest absolute Gasteiger partial charge is 0.519 e. The lowest BCUT2D eigenvalue weighted by molar-refractivity contribution is -0.155. The molecule has 1 fully saturated rings. The number of aliphatic carboxylic acids is 2. The van der Waals surface area contributed by atoms with Crippen LogP contribution in [0.25, 0.3) is 0 Å². The van der Waals surface area contributed by atoms with Crippen LogP contribution < -0.4 is 70.5 Å². The second-order valence-electron chi connectivity index (χ2n) is 22.0. The van der Waals surface area contributed by atoms with Crippen molar-refractivity contribution >= 4 is 88.8 Å². The number of aryl methyl sites for hydroxylation is 1. The van der Waals surface area contributed by atoms with Gasteiger partial charge in [-0.3, -0.25) is 47.9 Å². The van der Waals surface area contributed by atoms with Crippen LogP contribution in [-0.2, 0) is 73.6 Å². The fourth-order valence-electron chi connectivity index (χ4n) is 9.07. The predicted octanol–water partition coefficient (Wildman–Crippen LogP) is -4.34. The number of esters is 1. The van der Waals surface area contributed by atoms with Crippen LogP contribution in [0.2, 0.25) is 0 Å². The van der Waals surface area contributed by atoms with Gasteiger partial charge in [0, 0.05) is 6.54 Å². The van der Waals surface area contributed by atoms with Crippen molar-refractivity contribution in [1.29, 1.82) is 0 Å². The molecule has 530 valence electrons. The molecule has 94 heavy (non-hydrogen) atoms. The SMILES string of the molecule is C/C=C1/NC(=O)[C@H]([C@H](C)O)NC(=O)[C@H](CCNC(=O)OCc2oc(=O)oc2C)NC(=O)[C@H](CCCCN)NC(=O)[C@H](CC(=O)O)NC(=O)[C@@H](CCN)NC(=O)[C@@H](NC(=O)C[C@H](O)CCCCCCCCCCC)COC(=O)[C@H]([C@H](O)CCl)NC(=O)[C@H]([C@H](O)C(=O)O)NC1=O. The molecule has 1 aliphatic rings. The molecule has 2 heterocycles. The topological polar surface area (TPSA) is 577 Å². The number of hydrogen-bond acceptors (Lipinski definition) is 24. The zero-order valence-corrected chi connectivity index (χ0v) is 53.6. The molecule has 36 nitrogen and oxygen atoms in total. The Morgan fingerprint density at radius 3 is 1.79 bits per heavy atom. The van der Waals surface area contributed by atoms with E-state index in [4.69, 9.17) is 41.4 Å². The van der Waals surface area contributed by atoms with Crippen molar-refractivity contribution in [3.8, 4) is 0 Å². The van der Waals surface area contributed by atoms with Crippen molar-refractivity contribution in [3.63, 3.8) is 0 Å². The quantitative estimate of drug-likeness (QED) is 0.0145. The predicted molar refractivity (Wildman–Crippen MR) is 326 cm³/mol. The number of carboxylic acids is 2. The maximum absolute atomic E-state index is 14.4. The first-order valence-corrected chi connectivity index (χ1v) is 31.2. The molecule has 10 amide bonds.